The van der Waals surface area contributed by atoms with Gasteiger partial charge in [-0.3, -0.25) is 4.79 Å². The fourth-order valence-corrected chi connectivity index (χ4v) is 0.787. The van der Waals surface area contributed by atoms with Crippen LogP contribution in [-0.4, -0.2) is 25.0 Å². The molecule has 5 nitrogen and oxygen atoms in total. The van der Waals surface area contributed by atoms with Crippen molar-refractivity contribution >= 4 is 5.78 Å². The second-order valence-electron chi connectivity index (χ2n) is 2.01. The monoisotopic (exact) mass is 141 g/mol. The summed E-state index contributed by atoms with van der Waals surface area (Å²) in [4.78, 5) is 13.4. The van der Waals surface area contributed by atoms with Crippen LogP contribution in [0.2, 0.25) is 0 Å². The topological polar surface area (TPSA) is 75.1 Å². The van der Waals surface area contributed by atoms with Gasteiger partial charge in [0, 0.05) is 11.3 Å². The summed E-state index contributed by atoms with van der Waals surface area (Å²) in [6.07, 6.45) is 0.365. The van der Waals surface area contributed by atoms with Gasteiger partial charge >= 0.3 is 0 Å². The molecule has 0 bridgehead atoms. The van der Waals surface area contributed by atoms with Crippen molar-refractivity contribution in [3.8, 4) is 0 Å². The zero-order valence-electron chi connectivity index (χ0n) is 5.36. The Bertz CT molecular complexity index is 185. The normalized spacial score (nSPS) is 25.6. The number of carbonyl (C=O) groups excluding carboxylic acids is 1. The highest BCUT2D eigenvalue weighted by Crippen LogP contribution is 2.05. The molecule has 1 rings (SSSR count). The highest BCUT2D eigenvalue weighted by atomic mass is 16.5. The summed E-state index contributed by atoms with van der Waals surface area (Å²) in [7, 11) is 0. The van der Waals surface area contributed by atoms with Crippen LogP contribution in [0.15, 0.2) is 5.11 Å². The zero-order valence-corrected chi connectivity index (χ0v) is 5.36. The number of rotatable bonds is 1. The van der Waals surface area contributed by atoms with Gasteiger partial charge in [-0.15, -0.1) is 0 Å². The number of ketones is 1. The van der Waals surface area contributed by atoms with Gasteiger partial charge in [0.15, 0.2) is 0 Å². The van der Waals surface area contributed by atoms with Crippen molar-refractivity contribution in [1.82, 2.24) is 0 Å². The number of nitrogens with zero attached hydrogens (tertiary/aromatic N) is 3. The van der Waals surface area contributed by atoms with Crippen molar-refractivity contribution < 1.29 is 9.53 Å². The van der Waals surface area contributed by atoms with E-state index in [4.69, 9.17) is 10.3 Å². The summed E-state index contributed by atoms with van der Waals surface area (Å²) < 4.78 is 4.92. The van der Waals surface area contributed by atoms with Crippen molar-refractivity contribution in [2.75, 3.05) is 13.2 Å². The van der Waals surface area contributed by atoms with Crippen LogP contribution in [0.1, 0.15) is 6.42 Å². The molecular weight excluding hydrogens is 134 g/mol. The van der Waals surface area contributed by atoms with E-state index in [1.165, 1.54) is 0 Å². The Kier molecular flexibility index (Phi) is 2.25. The summed E-state index contributed by atoms with van der Waals surface area (Å²) in [5.74, 6) is -0.0240. The predicted octanol–water partition coefficient (Wildman–Crippen LogP) is 0.655. The van der Waals surface area contributed by atoms with Gasteiger partial charge in [-0.1, -0.05) is 5.11 Å². The van der Waals surface area contributed by atoms with Gasteiger partial charge < -0.3 is 4.74 Å². The minimum atomic E-state index is -0.584. The standard InChI is InChI=1S/C5H7N3O2/c6-8-7-4-3-10-2-1-5(4)9/h4H,1-3H2. The number of hydrogen-bond acceptors (Lipinski definition) is 3. The molecule has 0 aliphatic carbocycles. The van der Waals surface area contributed by atoms with Crippen molar-refractivity contribution in [3.63, 3.8) is 0 Å². The van der Waals surface area contributed by atoms with E-state index in [1.807, 2.05) is 0 Å². The number of ether oxygens (including phenoxy) is 1. The van der Waals surface area contributed by atoms with E-state index in [0.29, 0.717) is 13.0 Å². The number of azide groups is 1. The Morgan fingerprint density at radius 3 is 3.20 bits per heavy atom. The lowest BCUT2D eigenvalue weighted by atomic mass is 10.1. The molecule has 0 aromatic rings. The Labute approximate surface area is 57.6 Å². The molecule has 0 spiro atoms. The molecule has 0 saturated carbocycles. The Hall–Kier alpha value is -1.06. The maximum absolute atomic E-state index is 10.8. The smallest absolute Gasteiger partial charge is 0.146 e. The molecule has 0 radical (unpaired) electrons. The number of Topliss-reactive ketones (excluding diaryl/α,β-unsaturated/α-hetero) is 1. The van der Waals surface area contributed by atoms with Gasteiger partial charge in [0.05, 0.1) is 13.2 Å². The lowest BCUT2D eigenvalue weighted by Crippen LogP contribution is -2.30. The summed E-state index contributed by atoms with van der Waals surface area (Å²) in [6, 6.07) is -0.584. The number of hydrogen-bond donors (Lipinski definition) is 0. The first kappa shape index (κ1) is 7.05. The molecular formula is C5H7N3O2. The lowest BCUT2D eigenvalue weighted by molar-refractivity contribution is -0.126. The fraction of sp³-hybridized carbons (Fsp3) is 0.800. The van der Waals surface area contributed by atoms with Crippen molar-refractivity contribution in [3.05, 3.63) is 10.4 Å². The van der Waals surface area contributed by atoms with Gasteiger partial charge in [-0.05, 0) is 5.53 Å². The summed E-state index contributed by atoms with van der Waals surface area (Å²) in [5.41, 5.74) is 7.99. The van der Waals surface area contributed by atoms with Crippen molar-refractivity contribution in [2.45, 2.75) is 12.5 Å². The first-order valence-corrected chi connectivity index (χ1v) is 2.99. The third-order valence-electron chi connectivity index (χ3n) is 1.33. The first-order chi connectivity index (χ1) is 4.84. The molecule has 1 saturated heterocycles. The van der Waals surface area contributed by atoms with E-state index in [1.54, 1.807) is 0 Å². The molecule has 1 aliphatic rings. The second kappa shape index (κ2) is 3.20. The Balaban J connectivity index is 2.55. The summed E-state index contributed by atoms with van der Waals surface area (Å²) in [6.45, 7) is 0.694. The maximum Gasteiger partial charge on any atom is 0.146 e. The molecule has 1 aliphatic heterocycles. The van der Waals surface area contributed by atoms with E-state index < -0.39 is 6.04 Å². The summed E-state index contributed by atoms with van der Waals surface area (Å²) >= 11 is 0. The van der Waals surface area contributed by atoms with Crippen molar-refractivity contribution in [2.24, 2.45) is 5.11 Å². The average molecular weight is 141 g/mol. The van der Waals surface area contributed by atoms with Crippen LogP contribution in [0.25, 0.3) is 10.4 Å². The predicted molar refractivity (Wildman–Crippen MR) is 33.4 cm³/mol. The molecule has 5 heteroatoms. The van der Waals surface area contributed by atoms with Crippen LogP contribution in [0.5, 0.6) is 0 Å². The average Bonchev–Trinajstić information content (AvgIpc) is 1.94. The van der Waals surface area contributed by atoms with Gasteiger partial charge in [0.25, 0.3) is 0 Å². The van der Waals surface area contributed by atoms with Crippen LogP contribution in [0, 0.1) is 0 Å². The molecule has 1 atom stereocenters. The molecule has 0 amide bonds. The molecule has 10 heavy (non-hydrogen) atoms. The highest BCUT2D eigenvalue weighted by molar-refractivity contribution is 5.84. The SMILES string of the molecule is [N-]=[N+]=NC1COCCC1=O. The third kappa shape index (κ3) is 1.46. The van der Waals surface area contributed by atoms with Crippen molar-refractivity contribution in [1.29, 1.82) is 0 Å². The maximum atomic E-state index is 10.8. The largest absolute Gasteiger partial charge is 0.380 e. The fourth-order valence-electron chi connectivity index (χ4n) is 0.787. The van der Waals surface area contributed by atoms with E-state index in [-0.39, 0.29) is 12.4 Å². The van der Waals surface area contributed by atoms with E-state index in [9.17, 15) is 4.79 Å². The van der Waals surface area contributed by atoms with Crippen LogP contribution < -0.4 is 0 Å². The Morgan fingerprint density at radius 1 is 1.80 bits per heavy atom. The zero-order chi connectivity index (χ0) is 7.40. The van der Waals surface area contributed by atoms with Crippen LogP contribution >= 0.6 is 0 Å². The van der Waals surface area contributed by atoms with E-state index in [2.05, 4.69) is 10.0 Å². The van der Waals surface area contributed by atoms with Gasteiger partial charge in [-0.25, -0.2) is 0 Å². The minimum absolute atomic E-state index is 0.0240. The van der Waals surface area contributed by atoms with Crippen LogP contribution in [0.4, 0.5) is 0 Å². The molecule has 0 aromatic heterocycles. The van der Waals surface area contributed by atoms with E-state index >= 15 is 0 Å². The van der Waals surface area contributed by atoms with E-state index in [0.717, 1.165) is 0 Å². The third-order valence-corrected chi connectivity index (χ3v) is 1.33. The van der Waals surface area contributed by atoms with Gasteiger partial charge in [-0.2, -0.15) is 0 Å². The van der Waals surface area contributed by atoms with Crippen LogP contribution in [-0.2, 0) is 9.53 Å². The number of carbonyl (C=O) groups is 1. The molecule has 1 fully saturated rings. The quantitative estimate of drug-likeness (QED) is 0.305. The molecule has 1 unspecified atom stereocenters. The van der Waals surface area contributed by atoms with Gasteiger partial charge in [0.1, 0.15) is 11.8 Å². The molecule has 54 valence electrons. The molecule has 0 aromatic carbocycles. The Morgan fingerprint density at radius 2 is 2.60 bits per heavy atom. The summed E-state index contributed by atoms with van der Waals surface area (Å²) in [5, 5.41) is 3.27. The first-order valence-electron chi connectivity index (χ1n) is 2.99. The van der Waals surface area contributed by atoms with Crippen LogP contribution in [0.3, 0.4) is 0 Å². The minimum Gasteiger partial charge on any atom is -0.380 e. The molecule has 1 heterocycles. The highest BCUT2D eigenvalue weighted by Gasteiger charge is 2.20. The second-order valence-corrected chi connectivity index (χ2v) is 2.01. The lowest BCUT2D eigenvalue weighted by Gasteiger charge is -2.15. The van der Waals surface area contributed by atoms with Gasteiger partial charge in [0.2, 0.25) is 0 Å². The molecule has 0 N–H and O–H groups in total.